The fourth-order valence-electron chi connectivity index (χ4n) is 5.13. The molecule has 15 nitrogen and oxygen atoms in total. The number of aliphatic hydroxyl groups is 1. The second-order valence-electron chi connectivity index (χ2n) is 10.1. The number of aliphatic hydroxyl groups excluding tert-OH is 1. The zero-order valence-corrected chi connectivity index (χ0v) is 24.3. The molecule has 238 valence electrons. The molecule has 1 N–H and O–H groups in total. The molecule has 3 heterocycles. The lowest BCUT2D eigenvalue weighted by Crippen LogP contribution is -2.67. The van der Waals surface area contributed by atoms with Crippen LogP contribution in [0, 0.1) is 0 Å². The highest BCUT2D eigenvalue weighted by Crippen LogP contribution is 2.37. The summed E-state index contributed by atoms with van der Waals surface area (Å²) in [6.45, 7) is 4.12. The summed E-state index contributed by atoms with van der Waals surface area (Å²) < 4.78 is 56.9. The number of methoxy groups -OCH3 is 1. The Kier molecular flexibility index (Phi) is 11.1. The molecule has 3 fully saturated rings. The minimum Gasteiger partial charge on any atom is -0.463 e. The lowest BCUT2D eigenvalue weighted by atomic mass is 9.96. The highest BCUT2D eigenvalue weighted by molar-refractivity contribution is 5.68. The number of rotatable bonds is 9. The fourth-order valence-corrected chi connectivity index (χ4v) is 5.13. The van der Waals surface area contributed by atoms with Gasteiger partial charge < -0.3 is 52.5 Å². The van der Waals surface area contributed by atoms with Crippen LogP contribution < -0.4 is 0 Å². The molecule has 0 saturated carbocycles. The molecule has 1 aromatic carbocycles. The van der Waals surface area contributed by atoms with E-state index in [2.05, 4.69) is 0 Å². The quantitative estimate of drug-likeness (QED) is 0.297. The fraction of sp³-hybridized carbons (Fsp3) is 0.643. The molecule has 3 aliphatic rings. The van der Waals surface area contributed by atoms with Crippen LogP contribution in [0.1, 0.15) is 39.5 Å². The van der Waals surface area contributed by atoms with Gasteiger partial charge in [0.25, 0.3) is 0 Å². The summed E-state index contributed by atoms with van der Waals surface area (Å²) >= 11 is 0. The first-order valence-corrected chi connectivity index (χ1v) is 13.6. The molecule has 11 atom stereocenters. The third-order valence-corrected chi connectivity index (χ3v) is 6.85. The maximum atomic E-state index is 12.2. The van der Waals surface area contributed by atoms with Crippen LogP contribution in [0.15, 0.2) is 30.3 Å². The molecule has 0 unspecified atom stereocenters. The zero-order chi connectivity index (χ0) is 31.3. The van der Waals surface area contributed by atoms with Crippen molar-refractivity contribution in [1.29, 1.82) is 0 Å². The average Bonchev–Trinajstić information content (AvgIpc) is 2.95. The molecule has 3 saturated heterocycles. The first kappa shape index (κ1) is 32.7. The summed E-state index contributed by atoms with van der Waals surface area (Å²) in [5, 5.41) is 11.5. The molecular formula is C28H36O15. The van der Waals surface area contributed by atoms with Gasteiger partial charge in [-0.1, -0.05) is 30.3 Å². The van der Waals surface area contributed by atoms with E-state index in [0.29, 0.717) is 0 Å². The van der Waals surface area contributed by atoms with Crippen LogP contribution in [0.25, 0.3) is 0 Å². The maximum absolute atomic E-state index is 12.2. The van der Waals surface area contributed by atoms with E-state index in [1.54, 1.807) is 0 Å². The maximum Gasteiger partial charge on any atom is 0.303 e. The van der Waals surface area contributed by atoms with Crippen LogP contribution in [-0.2, 0) is 66.5 Å². The molecule has 3 aliphatic heterocycles. The van der Waals surface area contributed by atoms with Crippen molar-refractivity contribution in [2.24, 2.45) is 0 Å². The normalized spacial score (nSPS) is 35.6. The second kappa shape index (κ2) is 14.5. The number of benzene rings is 1. The molecule has 43 heavy (non-hydrogen) atoms. The Morgan fingerprint density at radius 3 is 2.02 bits per heavy atom. The smallest absolute Gasteiger partial charge is 0.303 e. The molecule has 4 rings (SSSR count). The van der Waals surface area contributed by atoms with E-state index in [1.807, 2.05) is 30.3 Å². The summed E-state index contributed by atoms with van der Waals surface area (Å²) in [5.41, 5.74) is 0.721. The van der Waals surface area contributed by atoms with Gasteiger partial charge in [0, 0.05) is 40.4 Å². The molecule has 1 aromatic rings. The summed E-state index contributed by atoms with van der Waals surface area (Å²) in [5.74, 6) is -3.04. The minimum absolute atomic E-state index is 0.0763. The number of carbonyl (C=O) groups excluding carboxylic acids is 4. The van der Waals surface area contributed by atoms with Crippen molar-refractivity contribution < 1.29 is 71.7 Å². The van der Waals surface area contributed by atoms with Gasteiger partial charge in [0.05, 0.1) is 6.61 Å². The van der Waals surface area contributed by atoms with E-state index >= 15 is 0 Å². The van der Waals surface area contributed by atoms with Crippen LogP contribution >= 0.6 is 0 Å². The van der Waals surface area contributed by atoms with Gasteiger partial charge >= 0.3 is 23.9 Å². The van der Waals surface area contributed by atoms with E-state index in [9.17, 15) is 24.3 Å². The van der Waals surface area contributed by atoms with E-state index in [4.69, 9.17) is 47.4 Å². The Morgan fingerprint density at radius 2 is 1.42 bits per heavy atom. The summed E-state index contributed by atoms with van der Waals surface area (Å²) in [6.07, 6.45) is -13.5. The van der Waals surface area contributed by atoms with Crippen LogP contribution in [0.3, 0.4) is 0 Å². The van der Waals surface area contributed by atoms with Crippen LogP contribution in [0.5, 0.6) is 0 Å². The first-order chi connectivity index (χ1) is 20.5. The van der Waals surface area contributed by atoms with Gasteiger partial charge in [0.1, 0.15) is 37.1 Å². The highest BCUT2D eigenvalue weighted by Gasteiger charge is 2.56. The number of carbonyl (C=O) groups is 4. The molecule has 15 heteroatoms. The Bertz CT molecular complexity index is 1130. The summed E-state index contributed by atoms with van der Waals surface area (Å²) in [6, 6.07) is 9.10. The van der Waals surface area contributed by atoms with E-state index in [0.717, 1.165) is 33.3 Å². The lowest BCUT2D eigenvalue weighted by molar-refractivity contribution is -0.391. The van der Waals surface area contributed by atoms with Gasteiger partial charge in [-0.3, -0.25) is 19.2 Å². The van der Waals surface area contributed by atoms with E-state index < -0.39 is 98.2 Å². The molecular weight excluding hydrogens is 576 g/mol. The average molecular weight is 613 g/mol. The first-order valence-electron chi connectivity index (χ1n) is 13.6. The predicted molar refractivity (Wildman–Crippen MR) is 139 cm³/mol. The molecule has 0 spiro atoms. The molecule has 0 radical (unpaired) electrons. The third kappa shape index (κ3) is 8.06. The van der Waals surface area contributed by atoms with Gasteiger partial charge in [-0.2, -0.15) is 0 Å². The molecule has 0 aliphatic carbocycles. The van der Waals surface area contributed by atoms with Crippen molar-refractivity contribution in [2.45, 2.75) is 95.4 Å². The zero-order valence-electron chi connectivity index (χ0n) is 24.3. The summed E-state index contributed by atoms with van der Waals surface area (Å²) in [7, 11) is 1.33. The monoisotopic (exact) mass is 612 g/mol. The topological polar surface area (TPSA) is 181 Å². The van der Waals surface area contributed by atoms with E-state index in [1.165, 1.54) is 7.11 Å². The Balaban J connectivity index is 1.64. The number of fused-ring (bicyclic) bond motifs is 1. The van der Waals surface area contributed by atoms with Crippen molar-refractivity contribution >= 4 is 23.9 Å². The highest BCUT2D eigenvalue weighted by atomic mass is 16.8. The number of esters is 4. The number of hydrogen-bond donors (Lipinski definition) is 1. The van der Waals surface area contributed by atoms with Gasteiger partial charge in [-0.25, -0.2) is 0 Å². The Labute approximate surface area is 247 Å². The van der Waals surface area contributed by atoms with Crippen molar-refractivity contribution in [2.75, 3.05) is 20.3 Å². The standard InChI is InChI=1S/C28H36O15/c1-13(29)35-11-19-22(37-14(2)30)24(38-15(3)31)25(39-16(4)32)28(41-19)43-23-20(33)21-18(40-27(23)34-5)12-36-26(42-21)17-9-7-6-8-10-17/h6-10,18-28,33H,11-12H2,1-5H3/t18-,19-,20+,21+,22-,23-,24+,25-,26+,27+,28-/m1/s1. The Morgan fingerprint density at radius 1 is 0.791 bits per heavy atom. The minimum atomic E-state index is -1.57. The number of hydrogen-bond acceptors (Lipinski definition) is 15. The molecule has 0 bridgehead atoms. The van der Waals surface area contributed by atoms with Crippen LogP contribution in [-0.4, -0.2) is 111 Å². The SMILES string of the molecule is CO[C@H]1O[C@@H]2CO[C@H](c3ccccc3)O[C@@H]2[C@H](O)[C@H]1O[C@H]1O[C@H](COC(C)=O)[C@@H](OC(C)=O)[C@H](OC(C)=O)[C@H]1OC(C)=O. The Hall–Kier alpha value is -3.18. The van der Waals surface area contributed by atoms with Gasteiger partial charge in [0.2, 0.25) is 0 Å². The number of ether oxygens (including phenoxy) is 10. The van der Waals surface area contributed by atoms with E-state index in [-0.39, 0.29) is 6.61 Å². The van der Waals surface area contributed by atoms with Crippen LogP contribution in [0.4, 0.5) is 0 Å². The van der Waals surface area contributed by atoms with Crippen LogP contribution in [0.2, 0.25) is 0 Å². The largest absolute Gasteiger partial charge is 0.463 e. The van der Waals surface area contributed by atoms with Gasteiger partial charge in [0.15, 0.2) is 37.2 Å². The second-order valence-corrected chi connectivity index (χ2v) is 10.1. The molecule has 0 aromatic heterocycles. The van der Waals surface area contributed by atoms with Crippen molar-refractivity contribution in [3.8, 4) is 0 Å². The third-order valence-electron chi connectivity index (χ3n) is 6.85. The predicted octanol–water partition coefficient (Wildman–Crippen LogP) is 0.301. The lowest BCUT2D eigenvalue weighted by Gasteiger charge is -2.49. The van der Waals surface area contributed by atoms with Crippen molar-refractivity contribution in [1.82, 2.24) is 0 Å². The summed E-state index contributed by atoms with van der Waals surface area (Å²) in [4.78, 5) is 47.9. The van der Waals surface area contributed by atoms with Crippen molar-refractivity contribution in [3.63, 3.8) is 0 Å². The van der Waals surface area contributed by atoms with Crippen molar-refractivity contribution in [3.05, 3.63) is 35.9 Å². The molecule has 0 amide bonds. The van der Waals surface area contributed by atoms with Gasteiger partial charge in [-0.05, 0) is 0 Å². The van der Waals surface area contributed by atoms with Gasteiger partial charge in [-0.15, -0.1) is 0 Å².